The largest absolute Gasteiger partial charge is 0.481 e. The Morgan fingerprint density at radius 1 is 1.38 bits per heavy atom. The molecule has 0 saturated carbocycles. The van der Waals surface area contributed by atoms with E-state index < -0.39 is 0 Å². The van der Waals surface area contributed by atoms with E-state index in [4.69, 9.17) is 4.74 Å². The van der Waals surface area contributed by atoms with E-state index >= 15 is 0 Å². The molecule has 2 aromatic heterocycles. The fraction of sp³-hybridized carbons (Fsp3) is 0.400. The molecule has 0 aromatic carbocycles. The van der Waals surface area contributed by atoms with Gasteiger partial charge in [-0.3, -0.25) is 4.79 Å². The zero-order chi connectivity index (χ0) is 15.1. The molecule has 0 aliphatic heterocycles. The molecule has 2 aromatic rings. The molecule has 0 aliphatic rings. The van der Waals surface area contributed by atoms with Gasteiger partial charge in [-0.05, 0) is 18.5 Å². The summed E-state index contributed by atoms with van der Waals surface area (Å²) >= 11 is 0. The van der Waals surface area contributed by atoms with Crippen molar-refractivity contribution in [3.8, 4) is 5.88 Å². The summed E-state index contributed by atoms with van der Waals surface area (Å²) in [5.74, 6) is 1.21. The lowest BCUT2D eigenvalue weighted by Gasteiger charge is -2.06. The highest BCUT2D eigenvalue weighted by Gasteiger charge is 2.04. The van der Waals surface area contributed by atoms with Crippen LogP contribution < -0.4 is 15.6 Å². The van der Waals surface area contributed by atoms with Gasteiger partial charge in [0.15, 0.2) is 0 Å². The second-order valence-electron chi connectivity index (χ2n) is 4.75. The summed E-state index contributed by atoms with van der Waals surface area (Å²) in [5.41, 5.74) is 1.59. The Hall–Kier alpha value is -2.21. The van der Waals surface area contributed by atoms with Crippen LogP contribution in [0.15, 0.2) is 29.2 Å². The minimum Gasteiger partial charge on any atom is -0.481 e. The zero-order valence-corrected chi connectivity index (χ0v) is 12.3. The number of aromatic amines is 1. The highest BCUT2D eigenvalue weighted by Crippen LogP contribution is 2.09. The minimum atomic E-state index is -0.130. The average Bonchev–Trinajstić information content (AvgIpc) is 2.48. The molecule has 2 N–H and O–H groups in total. The Balaban J connectivity index is 2.09. The number of nitrogens with one attached hydrogen (secondary N) is 2. The Morgan fingerprint density at radius 3 is 2.90 bits per heavy atom. The smallest absolute Gasteiger partial charge is 0.251 e. The van der Waals surface area contributed by atoms with Gasteiger partial charge in [0.2, 0.25) is 5.88 Å². The molecule has 112 valence electrons. The minimum absolute atomic E-state index is 0.130. The third-order valence-corrected chi connectivity index (χ3v) is 2.95. The van der Waals surface area contributed by atoms with E-state index in [1.165, 1.54) is 6.07 Å². The maximum absolute atomic E-state index is 11.7. The maximum Gasteiger partial charge on any atom is 0.251 e. The summed E-state index contributed by atoms with van der Waals surface area (Å²) in [7, 11) is 1.58. The molecule has 0 spiro atoms. The van der Waals surface area contributed by atoms with E-state index in [1.54, 1.807) is 19.4 Å². The molecule has 0 atom stereocenters. The first-order chi connectivity index (χ1) is 10.2. The Morgan fingerprint density at radius 2 is 2.24 bits per heavy atom. The van der Waals surface area contributed by atoms with Gasteiger partial charge in [-0.15, -0.1) is 0 Å². The number of hydrogen-bond donors (Lipinski definition) is 2. The Labute approximate surface area is 123 Å². The summed E-state index contributed by atoms with van der Waals surface area (Å²) < 4.78 is 5.02. The van der Waals surface area contributed by atoms with Crippen molar-refractivity contribution in [3.63, 3.8) is 0 Å². The van der Waals surface area contributed by atoms with Crippen molar-refractivity contribution in [3.05, 3.63) is 51.8 Å². The van der Waals surface area contributed by atoms with Gasteiger partial charge in [0.05, 0.1) is 12.8 Å². The monoisotopic (exact) mass is 288 g/mol. The molecule has 2 rings (SSSR count). The van der Waals surface area contributed by atoms with E-state index in [0.29, 0.717) is 24.7 Å². The summed E-state index contributed by atoms with van der Waals surface area (Å²) in [6.45, 7) is 3.61. The number of pyridine rings is 1. The van der Waals surface area contributed by atoms with Crippen LogP contribution in [-0.4, -0.2) is 28.6 Å². The molecule has 21 heavy (non-hydrogen) atoms. The van der Waals surface area contributed by atoms with Crippen LogP contribution in [0.2, 0.25) is 0 Å². The van der Waals surface area contributed by atoms with Crippen molar-refractivity contribution in [2.45, 2.75) is 26.3 Å². The number of H-pyrrole nitrogens is 1. The third kappa shape index (κ3) is 4.68. The second kappa shape index (κ2) is 7.54. The van der Waals surface area contributed by atoms with E-state index in [2.05, 4.69) is 27.2 Å². The molecule has 0 saturated heterocycles. The predicted octanol–water partition coefficient (Wildman–Crippen LogP) is 1.26. The highest BCUT2D eigenvalue weighted by atomic mass is 16.5. The second-order valence-corrected chi connectivity index (χ2v) is 4.75. The molecule has 0 radical (unpaired) electrons. The lowest BCUT2D eigenvalue weighted by molar-refractivity contribution is 0.397. The van der Waals surface area contributed by atoms with Gasteiger partial charge in [0.1, 0.15) is 5.82 Å². The molecule has 0 aliphatic carbocycles. The van der Waals surface area contributed by atoms with Crippen LogP contribution in [0.3, 0.4) is 0 Å². The van der Waals surface area contributed by atoms with Crippen LogP contribution in [0, 0.1) is 0 Å². The lowest BCUT2D eigenvalue weighted by Crippen LogP contribution is -2.19. The molecule has 6 nitrogen and oxygen atoms in total. The standard InChI is InChI=1S/C15H20N4O2/c1-3-6-16-10-12-8-14(20)19-13(18-12)7-11-4-5-15(21-2)17-9-11/h4-5,8-9,16H,3,6-7,10H2,1-2H3,(H,18,19,20). The molecule has 2 heterocycles. The van der Waals surface area contributed by atoms with Gasteiger partial charge in [-0.2, -0.15) is 0 Å². The van der Waals surface area contributed by atoms with Crippen molar-refractivity contribution in [2.24, 2.45) is 0 Å². The van der Waals surface area contributed by atoms with Gasteiger partial charge in [-0.25, -0.2) is 9.97 Å². The number of hydrogen-bond acceptors (Lipinski definition) is 5. The summed E-state index contributed by atoms with van der Waals surface area (Å²) in [6.07, 6.45) is 3.31. The van der Waals surface area contributed by atoms with E-state index in [9.17, 15) is 4.79 Å². The number of nitrogens with zero attached hydrogens (tertiary/aromatic N) is 2. The van der Waals surface area contributed by atoms with E-state index in [1.807, 2.05) is 6.07 Å². The van der Waals surface area contributed by atoms with Crippen molar-refractivity contribution >= 4 is 0 Å². The van der Waals surface area contributed by atoms with Crippen LogP contribution >= 0.6 is 0 Å². The molecular formula is C15H20N4O2. The van der Waals surface area contributed by atoms with Crippen LogP contribution in [0.1, 0.15) is 30.4 Å². The summed E-state index contributed by atoms with van der Waals surface area (Å²) in [5, 5.41) is 3.24. The first-order valence-corrected chi connectivity index (χ1v) is 7.00. The van der Waals surface area contributed by atoms with Gasteiger partial charge >= 0.3 is 0 Å². The number of aromatic nitrogens is 3. The average molecular weight is 288 g/mol. The van der Waals surface area contributed by atoms with Gasteiger partial charge in [-0.1, -0.05) is 13.0 Å². The Kier molecular flexibility index (Phi) is 5.45. The highest BCUT2D eigenvalue weighted by molar-refractivity contribution is 5.21. The molecular weight excluding hydrogens is 268 g/mol. The fourth-order valence-corrected chi connectivity index (χ4v) is 1.96. The van der Waals surface area contributed by atoms with Crippen LogP contribution in [0.4, 0.5) is 0 Å². The zero-order valence-electron chi connectivity index (χ0n) is 12.3. The maximum atomic E-state index is 11.7. The molecule has 0 fully saturated rings. The van der Waals surface area contributed by atoms with E-state index in [0.717, 1.165) is 24.2 Å². The lowest BCUT2D eigenvalue weighted by atomic mass is 10.2. The quantitative estimate of drug-likeness (QED) is 0.750. The number of rotatable bonds is 7. The van der Waals surface area contributed by atoms with Gasteiger partial charge in [0.25, 0.3) is 5.56 Å². The van der Waals surface area contributed by atoms with Crippen LogP contribution in [-0.2, 0) is 13.0 Å². The molecule has 6 heteroatoms. The van der Waals surface area contributed by atoms with E-state index in [-0.39, 0.29) is 5.56 Å². The summed E-state index contributed by atoms with van der Waals surface area (Å²) in [4.78, 5) is 23.0. The first-order valence-electron chi connectivity index (χ1n) is 7.00. The molecule has 0 unspecified atom stereocenters. The molecule has 0 bridgehead atoms. The normalized spacial score (nSPS) is 10.6. The van der Waals surface area contributed by atoms with Crippen molar-refractivity contribution in [1.82, 2.24) is 20.3 Å². The van der Waals surface area contributed by atoms with Crippen LogP contribution in [0.25, 0.3) is 0 Å². The van der Waals surface area contributed by atoms with Crippen molar-refractivity contribution in [2.75, 3.05) is 13.7 Å². The predicted molar refractivity (Wildman–Crippen MR) is 80.5 cm³/mol. The van der Waals surface area contributed by atoms with Crippen molar-refractivity contribution in [1.29, 1.82) is 0 Å². The first kappa shape index (κ1) is 15.2. The number of methoxy groups -OCH3 is 1. The van der Waals surface area contributed by atoms with Gasteiger partial charge in [0, 0.05) is 31.3 Å². The summed E-state index contributed by atoms with van der Waals surface area (Å²) in [6, 6.07) is 5.23. The number of ether oxygens (including phenoxy) is 1. The topological polar surface area (TPSA) is 79.9 Å². The van der Waals surface area contributed by atoms with Crippen LogP contribution in [0.5, 0.6) is 5.88 Å². The van der Waals surface area contributed by atoms with Crippen molar-refractivity contribution < 1.29 is 4.74 Å². The SMILES string of the molecule is CCCNCc1cc(=O)[nH]c(Cc2ccc(OC)nc2)n1. The molecule has 0 amide bonds. The fourth-order valence-electron chi connectivity index (χ4n) is 1.96. The third-order valence-electron chi connectivity index (χ3n) is 2.95. The van der Waals surface area contributed by atoms with Gasteiger partial charge < -0.3 is 15.0 Å². The Bertz CT molecular complexity index is 622.